The third kappa shape index (κ3) is 3.67. The molecule has 3 rings (SSSR count). The van der Waals surface area contributed by atoms with Crippen LogP contribution in [-0.2, 0) is 11.3 Å². The van der Waals surface area contributed by atoms with Crippen LogP contribution in [0.3, 0.4) is 0 Å². The maximum Gasteiger partial charge on any atom is 0.248 e. The number of para-hydroxylation sites is 1. The second-order valence-electron chi connectivity index (χ2n) is 5.42. The Labute approximate surface area is 134 Å². The lowest BCUT2D eigenvalue weighted by Crippen LogP contribution is -2.46. The summed E-state index contributed by atoms with van der Waals surface area (Å²) in [5.74, 6) is 0.0130. The summed E-state index contributed by atoms with van der Waals surface area (Å²) >= 11 is 0. The molecule has 1 aliphatic heterocycles. The van der Waals surface area contributed by atoms with Crippen LogP contribution >= 0.6 is 12.4 Å². The summed E-state index contributed by atoms with van der Waals surface area (Å²) in [7, 11) is 0. The van der Waals surface area contributed by atoms with Gasteiger partial charge >= 0.3 is 0 Å². The second kappa shape index (κ2) is 7.42. The molecule has 0 radical (unpaired) electrons. The predicted molar refractivity (Wildman–Crippen MR) is 89.3 cm³/mol. The molecule has 1 aromatic carbocycles. The van der Waals surface area contributed by atoms with Gasteiger partial charge in [-0.3, -0.25) is 9.59 Å². The molecule has 0 saturated carbocycles. The molecule has 1 amide bonds. The third-order valence-electron chi connectivity index (χ3n) is 3.92. The van der Waals surface area contributed by atoms with Crippen LogP contribution < -0.4 is 16.2 Å². The van der Waals surface area contributed by atoms with Crippen molar-refractivity contribution in [3.8, 4) is 0 Å². The first-order chi connectivity index (χ1) is 10.2. The summed E-state index contributed by atoms with van der Waals surface area (Å²) < 4.78 is 0. The molecule has 3 N–H and O–H groups in total. The van der Waals surface area contributed by atoms with Gasteiger partial charge in [0.25, 0.3) is 0 Å². The van der Waals surface area contributed by atoms with E-state index in [9.17, 15) is 9.59 Å². The molecular weight excluding hydrogens is 302 g/mol. The lowest BCUT2D eigenvalue weighted by molar-refractivity contribution is -0.123. The molecule has 22 heavy (non-hydrogen) atoms. The van der Waals surface area contributed by atoms with Crippen LogP contribution in [0.4, 0.5) is 0 Å². The lowest BCUT2D eigenvalue weighted by Gasteiger charge is -2.22. The number of hydrogen-bond acceptors (Lipinski definition) is 3. The molecule has 6 heteroatoms. The van der Waals surface area contributed by atoms with E-state index in [1.807, 2.05) is 24.3 Å². The molecule has 0 spiro atoms. The highest BCUT2D eigenvalue weighted by Gasteiger charge is 2.20. The van der Waals surface area contributed by atoms with E-state index >= 15 is 0 Å². The van der Waals surface area contributed by atoms with E-state index in [4.69, 9.17) is 0 Å². The lowest BCUT2D eigenvalue weighted by atomic mass is 10.0. The van der Waals surface area contributed by atoms with Gasteiger partial charge in [0.2, 0.25) is 11.5 Å². The zero-order valence-corrected chi connectivity index (χ0v) is 13.0. The van der Waals surface area contributed by atoms with Gasteiger partial charge in [0.1, 0.15) is 0 Å². The Kier molecular flexibility index (Phi) is 5.57. The van der Waals surface area contributed by atoms with Crippen molar-refractivity contribution >= 4 is 29.2 Å². The number of carbonyl (C=O) groups excluding carboxylic acids is 1. The Morgan fingerprint density at radius 3 is 2.86 bits per heavy atom. The van der Waals surface area contributed by atoms with E-state index < -0.39 is 0 Å². The number of H-pyrrole nitrogens is 1. The number of aromatic nitrogens is 1. The number of piperidine rings is 1. The quantitative estimate of drug-likeness (QED) is 0.805. The zero-order chi connectivity index (χ0) is 14.7. The Bertz CT molecular complexity index is 708. The minimum atomic E-state index is -0.145. The maximum atomic E-state index is 12.1. The number of carbonyl (C=O) groups is 1. The summed E-state index contributed by atoms with van der Waals surface area (Å²) in [4.78, 5) is 26.6. The van der Waals surface area contributed by atoms with E-state index in [1.165, 1.54) is 0 Å². The normalized spacial score (nSPS) is 17.7. The summed E-state index contributed by atoms with van der Waals surface area (Å²) in [6, 6.07) is 9.07. The average molecular weight is 322 g/mol. The molecule has 2 heterocycles. The molecule has 1 fully saturated rings. The number of rotatable bonds is 3. The molecule has 1 unspecified atom stereocenters. The van der Waals surface area contributed by atoms with Crippen molar-refractivity contribution in [3.63, 3.8) is 0 Å². The molecule has 1 saturated heterocycles. The fourth-order valence-corrected chi connectivity index (χ4v) is 2.80. The number of halogens is 1. The summed E-state index contributed by atoms with van der Waals surface area (Å²) in [6.07, 6.45) is 3.09. The van der Waals surface area contributed by atoms with Crippen LogP contribution in [0.2, 0.25) is 0 Å². The SMILES string of the molecule is Cl.O=C(NCc1cc(=O)[nH]c2ccccc12)C1CCCCN1. The number of amides is 1. The van der Waals surface area contributed by atoms with Crippen LogP contribution in [0.25, 0.3) is 10.9 Å². The van der Waals surface area contributed by atoms with Gasteiger partial charge in [0.05, 0.1) is 6.04 Å². The van der Waals surface area contributed by atoms with Gasteiger partial charge in [0.15, 0.2) is 0 Å². The largest absolute Gasteiger partial charge is 0.351 e. The summed E-state index contributed by atoms with van der Waals surface area (Å²) in [5.41, 5.74) is 1.50. The van der Waals surface area contributed by atoms with Gasteiger partial charge in [0, 0.05) is 23.5 Å². The van der Waals surface area contributed by atoms with E-state index in [0.717, 1.165) is 42.3 Å². The highest BCUT2D eigenvalue weighted by molar-refractivity contribution is 5.85. The van der Waals surface area contributed by atoms with Crippen molar-refractivity contribution in [3.05, 3.63) is 46.2 Å². The monoisotopic (exact) mass is 321 g/mol. The van der Waals surface area contributed by atoms with Crippen LogP contribution in [0.1, 0.15) is 24.8 Å². The van der Waals surface area contributed by atoms with Crippen molar-refractivity contribution < 1.29 is 4.79 Å². The molecule has 1 aliphatic rings. The van der Waals surface area contributed by atoms with E-state index in [-0.39, 0.29) is 29.9 Å². The smallest absolute Gasteiger partial charge is 0.248 e. The Morgan fingerprint density at radius 1 is 1.27 bits per heavy atom. The van der Waals surface area contributed by atoms with Crippen LogP contribution in [-0.4, -0.2) is 23.5 Å². The summed E-state index contributed by atoms with van der Waals surface area (Å²) in [5, 5.41) is 7.12. The van der Waals surface area contributed by atoms with Crippen molar-refractivity contribution in [2.75, 3.05) is 6.54 Å². The Hall–Kier alpha value is -1.85. The number of hydrogen-bond donors (Lipinski definition) is 3. The highest BCUT2D eigenvalue weighted by atomic mass is 35.5. The van der Waals surface area contributed by atoms with E-state index in [0.29, 0.717) is 6.54 Å². The van der Waals surface area contributed by atoms with Crippen LogP contribution in [0.5, 0.6) is 0 Å². The van der Waals surface area contributed by atoms with Crippen LogP contribution in [0, 0.1) is 0 Å². The first-order valence-electron chi connectivity index (χ1n) is 7.36. The second-order valence-corrected chi connectivity index (χ2v) is 5.42. The molecule has 5 nitrogen and oxygen atoms in total. The van der Waals surface area contributed by atoms with E-state index in [2.05, 4.69) is 15.6 Å². The summed E-state index contributed by atoms with van der Waals surface area (Å²) in [6.45, 7) is 1.27. The van der Waals surface area contributed by atoms with Gasteiger partial charge in [-0.05, 0) is 31.0 Å². The molecule has 118 valence electrons. The Balaban J connectivity index is 0.00000176. The minimum absolute atomic E-state index is 0. The maximum absolute atomic E-state index is 12.1. The molecule has 0 bridgehead atoms. The van der Waals surface area contributed by atoms with Gasteiger partial charge < -0.3 is 15.6 Å². The number of pyridine rings is 1. The first-order valence-corrected chi connectivity index (χ1v) is 7.36. The number of aromatic amines is 1. The topological polar surface area (TPSA) is 74.0 Å². The first kappa shape index (κ1) is 16.5. The Morgan fingerprint density at radius 2 is 2.09 bits per heavy atom. The molecule has 2 aromatic rings. The average Bonchev–Trinajstić information content (AvgIpc) is 2.53. The minimum Gasteiger partial charge on any atom is -0.351 e. The van der Waals surface area contributed by atoms with Gasteiger partial charge in [-0.2, -0.15) is 0 Å². The fourth-order valence-electron chi connectivity index (χ4n) is 2.80. The molecule has 1 aromatic heterocycles. The molecule has 0 aliphatic carbocycles. The number of fused-ring (bicyclic) bond motifs is 1. The molecule has 1 atom stereocenters. The van der Waals surface area contributed by atoms with Crippen LogP contribution in [0.15, 0.2) is 35.1 Å². The van der Waals surface area contributed by atoms with Crippen molar-refractivity contribution in [2.45, 2.75) is 31.8 Å². The predicted octanol–water partition coefficient (Wildman–Crippen LogP) is 1.71. The number of benzene rings is 1. The third-order valence-corrected chi connectivity index (χ3v) is 3.92. The van der Waals surface area contributed by atoms with Gasteiger partial charge in [-0.1, -0.05) is 24.6 Å². The number of nitrogens with one attached hydrogen (secondary N) is 3. The highest BCUT2D eigenvalue weighted by Crippen LogP contribution is 2.14. The standard InChI is InChI=1S/C16H19N3O2.ClH/c20-15-9-11(12-5-1-2-6-13(12)19-15)10-18-16(21)14-7-3-4-8-17-14;/h1-2,5-6,9,14,17H,3-4,7-8,10H2,(H,18,21)(H,19,20);1H. The fraction of sp³-hybridized carbons (Fsp3) is 0.375. The van der Waals surface area contributed by atoms with Crippen molar-refractivity contribution in [2.24, 2.45) is 0 Å². The van der Waals surface area contributed by atoms with Crippen molar-refractivity contribution in [1.29, 1.82) is 0 Å². The van der Waals surface area contributed by atoms with Gasteiger partial charge in [-0.25, -0.2) is 0 Å². The molecular formula is C16H20ClN3O2. The van der Waals surface area contributed by atoms with Gasteiger partial charge in [-0.15, -0.1) is 12.4 Å². The zero-order valence-electron chi connectivity index (χ0n) is 12.2. The van der Waals surface area contributed by atoms with Crippen molar-refractivity contribution in [1.82, 2.24) is 15.6 Å². The van der Waals surface area contributed by atoms with E-state index in [1.54, 1.807) is 6.07 Å².